The van der Waals surface area contributed by atoms with Gasteiger partial charge in [0.15, 0.2) is 6.29 Å². The number of alkyl halides is 1. The standard InChI is InChI=1S/C13H19IO2/c1-13(14)10-4-3-9(7-10)8-11(13)12-15-5-2-6-16-12/h8,10-12H,2-7H2,1H3. The fourth-order valence-electron chi connectivity index (χ4n) is 3.26. The number of halogens is 1. The maximum atomic E-state index is 5.81. The lowest BCUT2D eigenvalue weighted by molar-refractivity contribution is -0.202. The van der Waals surface area contributed by atoms with Crippen molar-refractivity contribution in [1.29, 1.82) is 0 Å². The zero-order chi connectivity index (χ0) is 11.2. The molecular weight excluding hydrogens is 315 g/mol. The van der Waals surface area contributed by atoms with Gasteiger partial charge in [-0.05, 0) is 38.5 Å². The number of rotatable bonds is 1. The highest BCUT2D eigenvalue weighted by atomic mass is 127. The first-order chi connectivity index (χ1) is 7.68. The number of allylic oxidation sites excluding steroid dienone is 1. The van der Waals surface area contributed by atoms with Crippen LogP contribution in [-0.4, -0.2) is 22.9 Å². The van der Waals surface area contributed by atoms with Gasteiger partial charge >= 0.3 is 0 Å². The van der Waals surface area contributed by atoms with Crippen molar-refractivity contribution in [2.75, 3.05) is 13.2 Å². The van der Waals surface area contributed by atoms with E-state index in [2.05, 4.69) is 35.6 Å². The van der Waals surface area contributed by atoms with E-state index in [1.807, 2.05) is 0 Å². The highest BCUT2D eigenvalue weighted by Gasteiger charge is 2.48. The van der Waals surface area contributed by atoms with Crippen LogP contribution in [-0.2, 0) is 9.47 Å². The molecule has 0 spiro atoms. The normalized spacial score (nSPS) is 44.5. The van der Waals surface area contributed by atoms with Gasteiger partial charge in [0.2, 0.25) is 0 Å². The van der Waals surface area contributed by atoms with Crippen LogP contribution in [0, 0.1) is 11.8 Å². The van der Waals surface area contributed by atoms with Crippen LogP contribution in [0.5, 0.6) is 0 Å². The molecule has 2 bridgehead atoms. The zero-order valence-corrected chi connectivity index (χ0v) is 11.9. The Morgan fingerprint density at radius 2 is 2.12 bits per heavy atom. The Labute approximate surface area is 111 Å². The van der Waals surface area contributed by atoms with Crippen molar-refractivity contribution >= 4 is 22.6 Å². The molecule has 3 unspecified atom stereocenters. The molecular formula is C13H19IO2. The van der Waals surface area contributed by atoms with E-state index in [9.17, 15) is 0 Å². The Balaban J connectivity index is 1.85. The van der Waals surface area contributed by atoms with Crippen molar-refractivity contribution in [3.8, 4) is 0 Å². The molecule has 0 aromatic heterocycles. The van der Waals surface area contributed by atoms with Crippen LogP contribution in [0.2, 0.25) is 0 Å². The molecule has 0 N–H and O–H groups in total. The average molecular weight is 334 g/mol. The molecule has 2 nitrogen and oxygen atoms in total. The molecule has 2 aliphatic carbocycles. The Morgan fingerprint density at radius 1 is 1.38 bits per heavy atom. The maximum absolute atomic E-state index is 5.81. The molecule has 90 valence electrons. The number of hydrogen-bond acceptors (Lipinski definition) is 2. The van der Waals surface area contributed by atoms with Gasteiger partial charge in [0.1, 0.15) is 0 Å². The van der Waals surface area contributed by atoms with Crippen LogP contribution in [0.1, 0.15) is 32.6 Å². The van der Waals surface area contributed by atoms with Crippen LogP contribution >= 0.6 is 22.6 Å². The van der Waals surface area contributed by atoms with E-state index in [0.717, 1.165) is 25.6 Å². The second kappa shape index (κ2) is 4.25. The topological polar surface area (TPSA) is 18.5 Å². The van der Waals surface area contributed by atoms with Crippen LogP contribution in [0.15, 0.2) is 11.6 Å². The molecule has 16 heavy (non-hydrogen) atoms. The molecule has 0 amide bonds. The second-order valence-electron chi connectivity index (χ2n) is 5.41. The number of hydrogen-bond donors (Lipinski definition) is 0. The lowest BCUT2D eigenvalue weighted by atomic mass is 9.77. The van der Waals surface area contributed by atoms with E-state index < -0.39 is 0 Å². The highest BCUT2D eigenvalue weighted by Crippen LogP contribution is 2.53. The van der Waals surface area contributed by atoms with Crippen molar-refractivity contribution < 1.29 is 9.47 Å². The third kappa shape index (κ3) is 1.85. The molecule has 1 saturated heterocycles. The average Bonchev–Trinajstić information content (AvgIpc) is 2.71. The smallest absolute Gasteiger partial charge is 0.165 e. The van der Waals surface area contributed by atoms with E-state index >= 15 is 0 Å². The fraction of sp³-hybridized carbons (Fsp3) is 0.846. The van der Waals surface area contributed by atoms with Gasteiger partial charge in [-0.3, -0.25) is 0 Å². The third-order valence-electron chi connectivity index (χ3n) is 4.33. The Kier molecular flexibility index (Phi) is 3.05. The molecule has 1 heterocycles. The van der Waals surface area contributed by atoms with E-state index in [1.165, 1.54) is 19.3 Å². The molecule has 1 saturated carbocycles. The maximum Gasteiger partial charge on any atom is 0.165 e. The van der Waals surface area contributed by atoms with Crippen LogP contribution < -0.4 is 0 Å². The fourth-order valence-corrected chi connectivity index (χ4v) is 4.27. The summed E-state index contributed by atoms with van der Waals surface area (Å²) in [7, 11) is 0. The van der Waals surface area contributed by atoms with Gasteiger partial charge in [-0.15, -0.1) is 0 Å². The van der Waals surface area contributed by atoms with E-state index in [-0.39, 0.29) is 6.29 Å². The van der Waals surface area contributed by atoms with Gasteiger partial charge in [0, 0.05) is 9.34 Å². The summed E-state index contributed by atoms with van der Waals surface area (Å²) < 4.78 is 11.9. The highest BCUT2D eigenvalue weighted by molar-refractivity contribution is 14.1. The van der Waals surface area contributed by atoms with Gasteiger partial charge in [-0.25, -0.2) is 0 Å². The summed E-state index contributed by atoms with van der Waals surface area (Å²) in [6.07, 6.45) is 7.46. The summed E-state index contributed by atoms with van der Waals surface area (Å²) in [5.74, 6) is 1.27. The summed E-state index contributed by atoms with van der Waals surface area (Å²) >= 11 is 2.64. The van der Waals surface area contributed by atoms with Crippen LogP contribution in [0.4, 0.5) is 0 Å². The minimum Gasteiger partial charge on any atom is -0.352 e. The molecule has 1 aliphatic heterocycles. The van der Waals surface area contributed by atoms with Crippen molar-refractivity contribution in [3.63, 3.8) is 0 Å². The first-order valence-electron chi connectivity index (χ1n) is 6.29. The van der Waals surface area contributed by atoms with Crippen molar-refractivity contribution in [3.05, 3.63) is 11.6 Å². The Bertz CT molecular complexity index is 305. The zero-order valence-electron chi connectivity index (χ0n) is 9.75. The molecule has 2 fully saturated rings. The first-order valence-corrected chi connectivity index (χ1v) is 7.37. The predicted molar refractivity (Wildman–Crippen MR) is 71.6 cm³/mol. The van der Waals surface area contributed by atoms with Crippen molar-refractivity contribution in [1.82, 2.24) is 0 Å². The predicted octanol–water partition coefficient (Wildman–Crippen LogP) is 3.30. The summed E-state index contributed by atoms with van der Waals surface area (Å²) in [6.45, 7) is 4.10. The van der Waals surface area contributed by atoms with Gasteiger partial charge in [0.25, 0.3) is 0 Å². The molecule has 3 heteroatoms. The minimum absolute atomic E-state index is 0.00606. The van der Waals surface area contributed by atoms with Gasteiger partial charge in [0.05, 0.1) is 13.2 Å². The Hall–Kier alpha value is 0.390. The molecule has 3 rings (SSSR count). The van der Waals surface area contributed by atoms with Gasteiger partial charge in [-0.1, -0.05) is 34.2 Å². The summed E-state index contributed by atoms with van der Waals surface area (Å²) in [6, 6.07) is 0. The van der Waals surface area contributed by atoms with E-state index in [1.54, 1.807) is 5.57 Å². The van der Waals surface area contributed by atoms with Crippen LogP contribution in [0.25, 0.3) is 0 Å². The number of fused-ring (bicyclic) bond motifs is 2. The third-order valence-corrected chi connectivity index (χ3v) is 5.93. The lowest BCUT2D eigenvalue weighted by Gasteiger charge is -2.43. The molecule has 0 aromatic carbocycles. The lowest BCUT2D eigenvalue weighted by Crippen LogP contribution is -2.46. The molecule has 3 aliphatic rings. The second-order valence-corrected chi connectivity index (χ2v) is 7.73. The first kappa shape index (κ1) is 11.5. The van der Waals surface area contributed by atoms with Crippen molar-refractivity contribution in [2.24, 2.45) is 11.8 Å². The molecule has 0 aromatic rings. The van der Waals surface area contributed by atoms with E-state index in [4.69, 9.17) is 9.47 Å². The quantitative estimate of drug-likeness (QED) is 0.416. The van der Waals surface area contributed by atoms with Crippen molar-refractivity contribution in [2.45, 2.75) is 42.3 Å². The summed E-state index contributed by atoms with van der Waals surface area (Å²) in [5.41, 5.74) is 1.64. The van der Waals surface area contributed by atoms with Crippen LogP contribution in [0.3, 0.4) is 0 Å². The number of ether oxygens (including phenoxy) is 2. The molecule has 0 radical (unpaired) electrons. The minimum atomic E-state index is 0.00606. The van der Waals surface area contributed by atoms with E-state index in [0.29, 0.717) is 9.34 Å². The largest absolute Gasteiger partial charge is 0.352 e. The van der Waals surface area contributed by atoms with Gasteiger partial charge < -0.3 is 9.47 Å². The molecule has 3 atom stereocenters. The summed E-state index contributed by atoms with van der Waals surface area (Å²) in [5, 5.41) is 0. The summed E-state index contributed by atoms with van der Waals surface area (Å²) in [4.78, 5) is 0. The SMILES string of the molecule is CC1(I)C2CCC(=CC1C1OCCCO1)C2. The van der Waals surface area contributed by atoms with Gasteiger partial charge in [-0.2, -0.15) is 0 Å². The monoisotopic (exact) mass is 334 g/mol. The Morgan fingerprint density at radius 3 is 2.88 bits per heavy atom.